The zero-order chi connectivity index (χ0) is 10.9. The van der Waals surface area contributed by atoms with Crippen molar-refractivity contribution < 1.29 is 4.74 Å². The highest BCUT2D eigenvalue weighted by Crippen LogP contribution is 2.13. The van der Waals surface area contributed by atoms with Crippen molar-refractivity contribution in [3.63, 3.8) is 0 Å². The Balaban J connectivity index is 2.36. The Morgan fingerprint density at radius 1 is 1.20 bits per heavy atom. The Morgan fingerprint density at radius 3 is 2.80 bits per heavy atom. The highest BCUT2D eigenvalue weighted by Gasteiger charge is 1.95. The molecular formula is C13H21NO. The van der Waals surface area contributed by atoms with Crippen molar-refractivity contribution in [2.45, 2.75) is 26.7 Å². The van der Waals surface area contributed by atoms with Crippen LogP contribution >= 0.6 is 0 Å². The Hall–Kier alpha value is -1.02. The normalized spacial score (nSPS) is 10.3. The van der Waals surface area contributed by atoms with Crippen LogP contribution in [0, 0.1) is 0 Å². The van der Waals surface area contributed by atoms with E-state index in [0.29, 0.717) is 0 Å². The van der Waals surface area contributed by atoms with Gasteiger partial charge in [-0.3, -0.25) is 0 Å². The molecule has 0 unspecified atom stereocenters. The van der Waals surface area contributed by atoms with Crippen LogP contribution in [0.25, 0.3) is 0 Å². The van der Waals surface area contributed by atoms with Crippen LogP contribution in [0.5, 0.6) is 5.75 Å². The minimum atomic E-state index is 0.734. The molecule has 0 atom stereocenters. The average Bonchev–Trinajstić information content (AvgIpc) is 2.26. The molecule has 0 aliphatic carbocycles. The maximum absolute atomic E-state index is 5.45. The lowest BCUT2D eigenvalue weighted by Crippen LogP contribution is -2.17. The quantitative estimate of drug-likeness (QED) is 0.694. The standard InChI is InChI=1S/C13H21NO/c1-3-9-14-10-8-12-6-5-7-13(11-12)15-4-2/h5-7,11,14H,3-4,8-10H2,1-2H3. The van der Waals surface area contributed by atoms with Gasteiger partial charge in [-0.25, -0.2) is 0 Å². The lowest BCUT2D eigenvalue weighted by molar-refractivity contribution is 0.340. The maximum Gasteiger partial charge on any atom is 0.119 e. The molecule has 84 valence electrons. The fourth-order valence-electron chi connectivity index (χ4n) is 1.49. The first-order valence-electron chi connectivity index (χ1n) is 5.79. The van der Waals surface area contributed by atoms with Crippen molar-refractivity contribution in [1.82, 2.24) is 5.32 Å². The van der Waals surface area contributed by atoms with E-state index in [9.17, 15) is 0 Å². The molecule has 15 heavy (non-hydrogen) atoms. The highest BCUT2D eigenvalue weighted by molar-refractivity contribution is 5.28. The molecule has 0 aliphatic rings. The van der Waals surface area contributed by atoms with Crippen molar-refractivity contribution in [2.75, 3.05) is 19.7 Å². The summed E-state index contributed by atoms with van der Waals surface area (Å²) in [5.41, 5.74) is 1.34. The number of rotatable bonds is 7. The van der Waals surface area contributed by atoms with Crippen LogP contribution in [0.1, 0.15) is 25.8 Å². The van der Waals surface area contributed by atoms with Gasteiger partial charge in [0.25, 0.3) is 0 Å². The van der Waals surface area contributed by atoms with E-state index in [1.807, 2.05) is 13.0 Å². The molecule has 1 N–H and O–H groups in total. The van der Waals surface area contributed by atoms with Gasteiger partial charge in [-0.2, -0.15) is 0 Å². The van der Waals surface area contributed by atoms with Gasteiger partial charge in [-0.1, -0.05) is 19.1 Å². The van der Waals surface area contributed by atoms with E-state index >= 15 is 0 Å². The number of ether oxygens (including phenoxy) is 1. The molecule has 0 spiro atoms. The van der Waals surface area contributed by atoms with E-state index < -0.39 is 0 Å². The number of nitrogens with one attached hydrogen (secondary N) is 1. The Morgan fingerprint density at radius 2 is 2.07 bits per heavy atom. The van der Waals surface area contributed by atoms with Gasteiger partial charge in [0.2, 0.25) is 0 Å². The number of hydrogen-bond acceptors (Lipinski definition) is 2. The zero-order valence-electron chi connectivity index (χ0n) is 9.75. The molecule has 0 aromatic heterocycles. The number of benzene rings is 1. The van der Waals surface area contributed by atoms with Gasteiger partial charge in [-0.15, -0.1) is 0 Å². The van der Waals surface area contributed by atoms with E-state index in [0.717, 1.165) is 31.9 Å². The van der Waals surface area contributed by atoms with Crippen molar-refractivity contribution in [3.8, 4) is 5.75 Å². The molecule has 0 saturated heterocycles. The molecule has 1 aromatic rings. The third-order valence-electron chi connectivity index (χ3n) is 2.23. The lowest BCUT2D eigenvalue weighted by atomic mass is 10.1. The first-order chi connectivity index (χ1) is 7.36. The molecule has 0 bridgehead atoms. The Bertz CT molecular complexity index is 273. The summed E-state index contributed by atoms with van der Waals surface area (Å²) in [7, 11) is 0. The summed E-state index contributed by atoms with van der Waals surface area (Å²) in [6, 6.07) is 8.33. The Labute approximate surface area is 92.6 Å². The zero-order valence-corrected chi connectivity index (χ0v) is 9.75. The van der Waals surface area contributed by atoms with Gasteiger partial charge in [0.1, 0.15) is 5.75 Å². The minimum Gasteiger partial charge on any atom is -0.494 e. The van der Waals surface area contributed by atoms with Gasteiger partial charge in [0, 0.05) is 0 Å². The monoisotopic (exact) mass is 207 g/mol. The topological polar surface area (TPSA) is 21.3 Å². The van der Waals surface area contributed by atoms with Crippen molar-refractivity contribution in [1.29, 1.82) is 0 Å². The second-order valence-electron chi connectivity index (χ2n) is 3.58. The molecule has 2 nitrogen and oxygen atoms in total. The first kappa shape index (κ1) is 12.1. The average molecular weight is 207 g/mol. The third-order valence-corrected chi connectivity index (χ3v) is 2.23. The first-order valence-corrected chi connectivity index (χ1v) is 5.79. The van der Waals surface area contributed by atoms with Crippen LogP contribution in [-0.2, 0) is 6.42 Å². The van der Waals surface area contributed by atoms with E-state index in [4.69, 9.17) is 4.74 Å². The van der Waals surface area contributed by atoms with E-state index in [-0.39, 0.29) is 0 Å². The van der Waals surface area contributed by atoms with E-state index in [2.05, 4.69) is 30.4 Å². The van der Waals surface area contributed by atoms with Crippen LogP contribution in [0.3, 0.4) is 0 Å². The molecule has 0 heterocycles. The molecular weight excluding hydrogens is 186 g/mol. The summed E-state index contributed by atoms with van der Waals surface area (Å²) in [5, 5.41) is 3.39. The van der Waals surface area contributed by atoms with E-state index in [1.54, 1.807) is 0 Å². The van der Waals surface area contributed by atoms with Gasteiger partial charge in [-0.05, 0) is 50.6 Å². The molecule has 0 fully saturated rings. The molecule has 2 heteroatoms. The van der Waals surface area contributed by atoms with Gasteiger partial charge in [0.05, 0.1) is 6.61 Å². The minimum absolute atomic E-state index is 0.734. The predicted molar refractivity (Wildman–Crippen MR) is 64.5 cm³/mol. The summed E-state index contributed by atoms with van der Waals surface area (Å²) in [4.78, 5) is 0. The smallest absolute Gasteiger partial charge is 0.119 e. The van der Waals surface area contributed by atoms with Gasteiger partial charge in [0.15, 0.2) is 0 Å². The SMILES string of the molecule is CCCNCCc1cccc(OCC)c1. The van der Waals surface area contributed by atoms with Crippen molar-refractivity contribution >= 4 is 0 Å². The summed E-state index contributed by atoms with van der Waals surface area (Å²) < 4.78 is 5.45. The molecule has 0 aliphatic heterocycles. The largest absolute Gasteiger partial charge is 0.494 e. The van der Waals surface area contributed by atoms with Crippen LogP contribution in [0.4, 0.5) is 0 Å². The van der Waals surface area contributed by atoms with Gasteiger partial charge < -0.3 is 10.1 Å². The van der Waals surface area contributed by atoms with Gasteiger partial charge >= 0.3 is 0 Å². The number of hydrogen-bond donors (Lipinski definition) is 1. The van der Waals surface area contributed by atoms with Crippen LogP contribution in [-0.4, -0.2) is 19.7 Å². The summed E-state index contributed by atoms with van der Waals surface area (Å²) >= 11 is 0. The molecule has 1 aromatic carbocycles. The third kappa shape index (κ3) is 4.84. The van der Waals surface area contributed by atoms with Crippen LogP contribution in [0.2, 0.25) is 0 Å². The molecule has 0 amide bonds. The summed E-state index contributed by atoms with van der Waals surface area (Å²) in [6.07, 6.45) is 2.26. The molecule has 0 saturated carbocycles. The Kier molecular flexibility index (Phi) is 5.86. The summed E-state index contributed by atoms with van der Waals surface area (Å²) in [6.45, 7) is 7.07. The fourth-order valence-corrected chi connectivity index (χ4v) is 1.49. The van der Waals surface area contributed by atoms with Crippen molar-refractivity contribution in [2.24, 2.45) is 0 Å². The highest BCUT2D eigenvalue weighted by atomic mass is 16.5. The van der Waals surface area contributed by atoms with Crippen LogP contribution in [0.15, 0.2) is 24.3 Å². The second kappa shape index (κ2) is 7.30. The second-order valence-corrected chi connectivity index (χ2v) is 3.58. The molecule has 0 radical (unpaired) electrons. The van der Waals surface area contributed by atoms with E-state index in [1.165, 1.54) is 12.0 Å². The van der Waals surface area contributed by atoms with Crippen LogP contribution < -0.4 is 10.1 Å². The maximum atomic E-state index is 5.45. The fraction of sp³-hybridized carbons (Fsp3) is 0.538. The summed E-state index contributed by atoms with van der Waals surface area (Å²) in [5.74, 6) is 0.977. The lowest BCUT2D eigenvalue weighted by Gasteiger charge is -2.06. The molecule has 1 rings (SSSR count). The predicted octanol–water partition coefficient (Wildman–Crippen LogP) is 2.63. The van der Waals surface area contributed by atoms with Crippen molar-refractivity contribution in [3.05, 3.63) is 29.8 Å².